The van der Waals surface area contributed by atoms with E-state index in [2.05, 4.69) is 32.8 Å². The third kappa shape index (κ3) is 7.26. The molecule has 44 heavy (non-hydrogen) atoms. The lowest BCUT2D eigenvalue weighted by Crippen LogP contribution is -2.50. The van der Waals surface area contributed by atoms with Crippen LogP contribution in [0.3, 0.4) is 0 Å². The quantitative estimate of drug-likeness (QED) is 0.203. The molecule has 2 aromatic carbocycles. The Morgan fingerprint density at radius 2 is 1.84 bits per heavy atom. The number of pyridine rings is 1. The van der Waals surface area contributed by atoms with Gasteiger partial charge < -0.3 is 19.4 Å². The number of aryl methyl sites for hydroxylation is 3. The summed E-state index contributed by atoms with van der Waals surface area (Å²) in [4.78, 5) is 30.2. The third-order valence-corrected chi connectivity index (χ3v) is 8.02. The van der Waals surface area contributed by atoms with E-state index in [9.17, 15) is 10.1 Å². The minimum Gasteiger partial charge on any atom is -0.493 e. The molecule has 0 radical (unpaired) electrons. The number of hydrogen-bond donors (Lipinski definition) is 1. The number of piperazine rings is 1. The summed E-state index contributed by atoms with van der Waals surface area (Å²) >= 11 is 0. The fourth-order valence-electron chi connectivity index (χ4n) is 5.50. The van der Waals surface area contributed by atoms with Crippen molar-refractivity contribution >= 4 is 5.91 Å². The Morgan fingerprint density at radius 1 is 1.02 bits per heavy atom. The number of ether oxygens (including phenoxy) is 2. The third-order valence-electron chi connectivity index (χ3n) is 8.02. The summed E-state index contributed by atoms with van der Waals surface area (Å²) in [6.45, 7) is 11.2. The number of aromatic nitrogens is 3. The number of aromatic amines is 1. The van der Waals surface area contributed by atoms with Crippen molar-refractivity contribution in [1.29, 1.82) is 5.26 Å². The molecule has 1 amide bonds. The number of carbonyl (C=O) groups excluding carboxylic acids is 1. The minimum absolute atomic E-state index is 0.00118. The van der Waals surface area contributed by atoms with Gasteiger partial charge in [-0.25, -0.2) is 4.98 Å². The van der Waals surface area contributed by atoms with Gasteiger partial charge >= 0.3 is 0 Å². The molecule has 228 valence electrons. The van der Waals surface area contributed by atoms with E-state index in [-0.39, 0.29) is 11.9 Å². The molecule has 3 heterocycles. The lowest BCUT2D eigenvalue weighted by Gasteiger charge is -2.39. The van der Waals surface area contributed by atoms with Crippen LogP contribution in [0.25, 0.3) is 0 Å². The molecule has 0 saturated carbocycles. The molecule has 2 aromatic heterocycles. The second-order valence-corrected chi connectivity index (χ2v) is 11.3. The van der Waals surface area contributed by atoms with Crippen LogP contribution in [0.1, 0.15) is 70.1 Å². The van der Waals surface area contributed by atoms with E-state index in [0.717, 1.165) is 41.2 Å². The van der Waals surface area contributed by atoms with E-state index in [1.165, 1.54) is 0 Å². The summed E-state index contributed by atoms with van der Waals surface area (Å²) in [5, 5.41) is 9.75. The SMILES string of the molecule is CCCCOc1ccc(C)cc1C(=O)N1CCN(C(Cc2ccc(C#N)c(Oc3cccnc3C)c2)c2cnc(C)[nH]2)CC1. The number of benzene rings is 2. The van der Waals surface area contributed by atoms with Crippen molar-refractivity contribution in [3.05, 3.63) is 100 Å². The van der Waals surface area contributed by atoms with Gasteiger partial charge in [0.05, 0.1) is 35.2 Å². The number of imidazole rings is 1. The van der Waals surface area contributed by atoms with Gasteiger partial charge in [-0.2, -0.15) is 5.26 Å². The van der Waals surface area contributed by atoms with Crippen LogP contribution in [0.5, 0.6) is 17.2 Å². The van der Waals surface area contributed by atoms with Gasteiger partial charge in [-0.05, 0) is 75.6 Å². The van der Waals surface area contributed by atoms with Gasteiger partial charge in [0.15, 0.2) is 0 Å². The summed E-state index contributed by atoms with van der Waals surface area (Å²) in [7, 11) is 0. The zero-order valence-electron chi connectivity index (χ0n) is 26.0. The number of nitrogens with one attached hydrogen (secondary N) is 1. The predicted molar refractivity (Wildman–Crippen MR) is 169 cm³/mol. The van der Waals surface area contributed by atoms with Crippen LogP contribution < -0.4 is 9.47 Å². The second kappa shape index (κ2) is 14.2. The van der Waals surface area contributed by atoms with Crippen LogP contribution in [0.2, 0.25) is 0 Å². The molecular weight excluding hydrogens is 552 g/mol. The molecule has 5 rings (SSSR count). The molecule has 4 aromatic rings. The molecular formula is C35H40N6O3. The van der Waals surface area contributed by atoms with Crippen molar-refractivity contribution < 1.29 is 14.3 Å². The van der Waals surface area contributed by atoms with Gasteiger partial charge in [0.2, 0.25) is 0 Å². The first-order valence-corrected chi connectivity index (χ1v) is 15.3. The molecule has 9 heteroatoms. The summed E-state index contributed by atoms with van der Waals surface area (Å²) in [5.41, 5.74) is 4.93. The molecule has 1 saturated heterocycles. The topological polar surface area (TPSA) is 107 Å². The van der Waals surface area contributed by atoms with Crippen molar-refractivity contribution in [2.45, 2.75) is 53.0 Å². The van der Waals surface area contributed by atoms with E-state index >= 15 is 0 Å². The van der Waals surface area contributed by atoms with Gasteiger partial charge in [0.1, 0.15) is 29.1 Å². The Labute approximate surface area is 259 Å². The maximum atomic E-state index is 13.7. The molecule has 9 nitrogen and oxygen atoms in total. The Morgan fingerprint density at radius 3 is 2.55 bits per heavy atom. The van der Waals surface area contributed by atoms with Crippen LogP contribution in [-0.4, -0.2) is 63.4 Å². The molecule has 0 aliphatic carbocycles. The number of unbranched alkanes of at least 4 members (excludes halogenated alkanes) is 1. The van der Waals surface area contributed by atoms with E-state index < -0.39 is 0 Å². The summed E-state index contributed by atoms with van der Waals surface area (Å²) in [6, 6.07) is 17.5. The highest BCUT2D eigenvalue weighted by Crippen LogP contribution is 2.32. The van der Waals surface area contributed by atoms with Crippen LogP contribution in [0.15, 0.2) is 60.9 Å². The first kappa shape index (κ1) is 30.8. The molecule has 1 N–H and O–H groups in total. The zero-order valence-corrected chi connectivity index (χ0v) is 26.0. The molecule has 1 fully saturated rings. The van der Waals surface area contributed by atoms with Gasteiger partial charge in [0.25, 0.3) is 5.91 Å². The van der Waals surface area contributed by atoms with Crippen LogP contribution >= 0.6 is 0 Å². The molecule has 0 bridgehead atoms. The maximum Gasteiger partial charge on any atom is 0.257 e. The number of hydrogen-bond acceptors (Lipinski definition) is 7. The molecule has 1 atom stereocenters. The predicted octanol–water partition coefficient (Wildman–Crippen LogP) is 6.31. The smallest absolute Gasteiger partial charge is 0.257 e. The number of nitrogens with zero attached hydrogens (tertiary/aromatic N) is 5. The lowest BCUT2D eigenvalue weighted by molar-refractivity contribution is 0.0559. The Hall–Kier alpha value is -4.68. The minimum atomic E-state index is 0.00118. The summed E-state index contributed by atoms with van der Waals surface area (Å²) in [6.07, 6.45) is 6.27. The van der Waals surface area contributed by atoms with Gasteiger partial charge in [-0.15, -0.1) is 0 Å². The van der Waals surface area contributed by atoms with Crippen LogP contribution in [-0.2, 0) is 6.42 Å². The Kier molecular flexibility index (Phi) is 9.93. The van der Waals surface area contributed by atoms with Crippen molar-refractivity contribution in [2.75, 3.05) is 32.8 Å². The van der Waals surface area contributed by atoms with Gasteiger partial charge in [-0.3, -0.25) is 14.7 Å². The highest BCUT2D eigenvalue weighted by atomic mass is 16.5. The van der Waals surface area contributed by atoms with Crippen LogP contribution in [0, 0.1) is 32.1 Å². The standard InChI is InChI=1S/C35H40N6O3/c1-5-6-18-43-33-12-9-24(2)19-29(33)35(42)41-16-14-40(15-17-41)31(30-23-38-26(4)39-30)20-27-10-11-28(22-36)34(21-27)44-32-8-7-13-37-25(32)3/h7-13,19,21,23,31H,5-6,14-18,20H2,1-4H3,(H,38,39). The van der Waals surface area contributed by atoms with E-state index in [1.54, 1.807) is 6.20 Å². The molecule has 1 unspecified atom stereocenters. The first-order chi connectivity index (χ1) is 21.4. The maximum absolute atomic E-state index is 13.7. The van der Waals surface area contributed by atoms with Gasteiger partial charge in [0, 0.05) is 38.6 Å². The first-order valence-electron chi connectivity index (χ1n) is 15.3. The number of H-pyrrole nitrogens is 1. The fraction of sp³-hybridized carbons (Fsp3) is 0.371. The molecule has 1 aliphatic heterocycles. The lowest BCUT2D eigenvalue weighted by atomic mass is 9.99. The van der Waals surface area contributed by atoms with Gasteiger partial charge in [-0.1, -0.05) is 31.0 Å². The average Bonchev–Trinajstić information content (AvgIpc) is 3.47. The van der Waals surface area contributed by atoms with Crippen molar-refractivity contribution in [3.63, 3.8) is 0 Å². The van der Waals surface area contributed by atoms with Crippen molar-refractivity contribution in [2.24, 2.45) is 0 Å². The fourth-order valence-corrected chi connectivity index (χ4v) is 5.50. The Balaban J connectivity index is 1.33. The van der Waals surface area contributed by atoms with E-state index in [4.69, 9.17) is 9.47 Å². The molecule has 1 aliphatic rings. The summed E-state index contributed by atoms with van der Waals surface area (Å²) in [5.74, 6) is 2.64. The number of nitriles is 1. The second-order valence-electron chi connectivity index (χ2n) is 11.3. The largest absolute Gasteiger partial charge is 0.493 e. The molecule has 0 spiro atoms. The van der Waals surface area contributed by atoms with E-state index in [0.29, 0.717) is 67.6 Å². The zero-order chi connectivity index (χ0) is 31.1. The number of amides is 1. The van der Waals surface area contributed by atoms with Crippen molar-refractivity contribution in [1.82, 2.24) is 24.8 Å². The average molecular weight is 593 g/mol. The monoisotopic (exact) mass is 592 g/mol. The van der Waals surface area contributed by atoms with Crippen molar-refractivity contribution in [3.8, 4) is 23.3 Å². The number of rotatable bonds is 11. The number of carbonyl (C=O) groups is 1. The highest BCUT2D eigenvalue weighted by molar-refractivity contribution is 5.97. The van der Waals surface area contributed by atoms with Crippen LogP contribution in [0.4, 0.5) is 0 Å². The van der Waals surface area contributed by atoms with E-state index in [1.807, 2.05) is 80.4 Å². The Bertz CT molecular complexity index is 1630. The summed E-state index contributed by atoms with van der Waals surface area (Å²) < 4.78 is 12.2. The normalized spacial score (nSPS) is 14.2. The highest BCUT2D eigenvalue weighted by Gasteiger charge is 2.30.